The second-order valence-corrected chi connectivity index (χ2v) is 12.6. The van der Waals surface area contributed by atoms with Gasteiger partial charge in [0.15, 0.2) is 0 Å². The van der Waals surface area contributed by atoms with Gasteiger partial charge in [0.05, 0.1) is 0 Å². The molecule has 2 saturated heterocycles. The third-order valence-electron chi connectivity index (χ3n) is 4.56. The Balaban J connectivity index is 0. The number of hydrogen-bond donors (Lipinski definition) is 3. The highest BCUT2D eigenvalue weighted by Gasteiger charge is 2.27. The number of nitrogens with zero attached hydrogens (tertiary/aromatic N) is 1. The van der Waals surface area contributed by atoms with Gasteiger partial charge in [0.1, 0.15) is 13.2 Å². The number of nitrogens with one attached hydrogen (secondary N) is 1. The van der Waals surface area contributed by atoms with E-state index in [4.69, 9.17) is 96.2 Å². The molecule has 0 radical (unpaired) electrons. The molecule has 1 amide bonds. The summed E-state index contributed by atoms with van der Waals surface area (Å²) in [6, 6.07) is 0. The van der Waals surface area contributed by atoms with Crippen LogP contribution in [-0.4, -0.2) is 86.8 Å². The standard InChI is InChI=1S/C9H14Cl3NO3.C6H13NO.C3H2Cl4O2.ClH/c10-9(11,12)6-16-8(15)13-3-1-7(5-14)2-4-13;8-5-6-1-3-7-4-2-6;4-2(8)9-1-3(5,6)7;/h7,14H,1-6H2;6-8H,1-5H2;1H2;1H. The molecule has 3 N–H and O–H groups in total. The van der Waals surface area contributed by atoms with Crippen LogP contribution in [0.25, 0.3) is 0 Å². The molecule has 0 spiro atoms. The maximum Gasteiger partial charge on any atom is 0.409 e. The third-order valence-corrected chi connectivity index (χ3v) is 5.32. The van der Waals surface area contributed by atoms with Crippen LogP contribution < -0.4 is 5.32 Å². The molecule has 0 aromatic rings. The van der Waals surface area contributed by atoms with E-state index in [1.54, 1.807) is 4.90 Å². The van der Waals surface area contributed by atoms with Crippen LogP contribution in [0.4, 0.5) is 9.59 Å². The molecule has 2 fully saturated rings. The van der Waals surface area contributed by atoms with Gasteiger partial charge in [-0.3, -0.25) is 0 Å². The molecule has 0 unspecified atom stereocenters. The summed E-state index contributed by atoms with van der Waals surface area (Å²) in [5.41, 5.74) is -0.985. The lowest BCUT2D eigenvalue weighted by Crippen LogP contribution is -2.40. The number of halogens is 8. The summed E-state index contributed by atoms with van der Waals surface area (Å²) in [7, 11) is 0. The molecular weight excluding hydrogens is 624 g/mol. The van der Waals surface area contributed by atoms with E-state index >= 15 is 0 Å². The zero-order valence-corrected chi connectivity index (χ0v) is 24.3. The molecule has 0 aromatic carbocycles. The maximum absolute atomic E-state index is 11.5. The number of carbonyl (C=O) groups excluding carboxylic acids is 2. The van der Waals surface area contributed by atoms with E-state index in [0.717, 1.165) is 38.8 Å². The SMILES string of the molecule is Cl.O=C(Cl)OCC(Cl)(Cl)Cl.O=C(OCC(Cl)(Cl)Cl)N1CCC(CO)CC1.OCC1CCNCC1. The van der Waals surface area contributed by atoms with E-state index in [2.05, 4.69) is 10.1 Å². The van der Waals surface area contributed by atoms with Crippen LogP contribution in [0.3, 0.4) is 0 Å². The van der Waals surface area contributed by atoms with Gasteiger partial charge in [-0.25, -0.2) is 9.59 Å². The number of piperidine rings is 2. The molecule has 0 atom stereocenters. The molecule has 204 valence electrons. The van der Waals surface area contributed by atoms with Crippen LogP contribution in [0, 0.1) is 11.8 Å². The Morgan fingerprint density at radius 3 is 1.56 bits per heavy atom. The summed E-state index contributed by atoms with van der Waals surface area (Å²) in [4.78, 5) is 22.9. The third kappa shape index (κ3) is 22.2. The molecule has 34 heavy (non-hydrogen) atoms. The van der Waals surface area contributed by atoms with Crippen molar-refractivity contribution in [2.45, 2.75) is 33.3 Å². The number of carbonyl (C=O) groups is 2. The monoisotopic (exact) mass is 650 g/mol. The summed E-state index contributed by atoms with van der Waals surface area (Å²) >= 11 is 36.7. The predicted molar refractivity (Wildman–Crippen MR) is 140 cm³/mol. The van der Waals surface area contributed by atoms with Crippen LogP contribution in [0.5, 0.6) is 0 Å². The van der Waals surface area contributed by atoms with Crippen molar-refractivity contribution in [2.24, 2.45) is 11.8 Å². The highest BCUT2D eigenvalue weighted by molar-refractivity contribution is 6.68. The van der Waals surface area contributed by atoms with Crippen molar-refractivity contribution < 1.29 is 29.3 Å². The first kappa shape index (κ1) is 37.1. The quantitative estimate of drug-likeness (QED) is 0.278. The molecule has 0 aromatic heterocycles. The first-order valence-electron chi connectivity index (χ1n) is 10.1. The smallest absolute Gasteiger partial charge is 0.409 e. The summed E-state index contributed by atoms with van der Waals surface area (Å²) in [5.74, 6) is 0.855. The van der Waals surface area contributed by atoms with Crippen molar-refractivity contribution in [2.75, 3.05) is 52.6 Å². The van der Waals surface area contributed by atoms with Gasteiger partial charge in [-0.15, -0.1) is 12.4 Å². The van der Waals surface area contributed by atoms with Gasteiger partial charge in [0.25, 0.3) is 0 Å². The average Bonchev–Trinajstić information content (AvgIpc) is 2.76. The molecule has 0 saturated carbocycles. The number of amides is 1. The fourth-order valence-corrected chi connectivity index (χ4v) is 3.12. The Morgan fingerprint density at radius 2 is 1.24 bits per heavy atom. The first-order valence-corrected chi connectivity index (χ1v) is 12.7. The van der Waals surface area contributed by atoms with Crippen molar-refractivity contribution in [3.05, 3.63) is 0 Å². The van der Waals surface area contributed by atoms with Gasteiger partial charge in [0, 0.05) is 37.9 Å². The van der Waals surface area contributed by atoms with Crippen LogP contribution in [0.2, 0.25) is 0 Å². The number of rotatable bonds is 4. The first-order chi connectivity index (χ1) is 15.3. The molecule has 8 nitrogen and oxygen atoms in total. The van der Waals surface area contributed by atoms with Crippen molar-refractivity contribution in [1.82, 2.24) is 10.2 Å². The summed E-state index contributed by atoms with van der Waals surface area (Å²) < 4.78 is 5.83. The Bertz CT molecular complexity index is 552. The van der Waals surface area contributed by atoms with Gasteiger partial charge in [0.2, 0.25) is 7.59 Å². The van der Waals surface area contributed by atoms with Gasteiger partial charge in [-0.1, -0.05) is 69.6 Å². The lowest BCUT2D eigenvalue weighted by atomic mass is 9.98. The predicted octanol–water partition coefficient (Wildman–Crippen LogP) is 5.33. The number of hydrogen-bond acceptors (Lipinski definition) is 7. The number of aliphatic hydroxyl groups excluding tert-OH is 2. The fourth-order valence-electron chi connectivity index (χ4n) is 2.74. The van der Waals surface area contributed by atoms with E-state index in [9.17, 15) is 9.59 Å². The highest BCUT2D eigenvalue weighted by Crippen LogP contribution is 2.27. The maximum atomic E-state index is 11.5. The van der Waals surface area contributed by atoms with Gasteiger partial charge in [-0.2, -0.15) is 0 Å². The average molecular weight is 654 g/mol. The number of likely N-dealkylation sites (tertiary alicyclic amines) is 1. The minimum atomic E-state index is -1.58. The molecule has 16 heteroatoms. The van der Waals surface area contributed by atoms with Gasteiger partial charge in [-0.05, 0) is 50.6 Å². The Kier molecular flexibility index (Phi) is 21.8. The van der Waals surface area contributed by atoms with Crippen LogP contribution >= 0.6 is 93.6 Å². The van der Waals surface area contributed by atoms with E-state index in [1.165, 1.54) is 0 Å². The van der Waals surface area contributed by atoms with Crippen LogP contribution in [0.15, 0.2) is 0 Å². The minimum Gasteiger partial charge on any atom is -0.449 e. The van der Waals surface area contributed by atoms with Crippen molar-refractivity contribution >= 4 is 105 Å². The van der Waals surface area contributed by atoms with Crippen molar-refractivity contribution in [1.29, 1.82) is 0 Å². The zero-order valence-electron chi connectivity index (χ0n) is 18.2. The molecule has 2 aliphatic heterocycles. The molecule has 0 aliphatic carbocycles. The molecule has 2 aliphatic rings. The molecular formula is C18H30Cl8N2O6. The lowest BCUT2D eigenvalue weighted by molar-refractivity contribution is 0.0799. The summed E-state index contributed by atoms with van der Waals surface area (Å²) in [6.07, 6.45) is 3.38. The van der Waals surface area contributed by atoms with Gasteiger partial charge < -0.3 is 29.9 Å². The zero-order chi connectivity index (χ0) is 25.5. The largest absolute Gasteiger partial charge is 0.449 e. The van der Waals surface area contributed by atoms with E-state index in [-0.39, 0.29) is 38.1 Å². The van der Waals surface area contributed by atoms with E-state index in [1.807, 2.05) is 0 Å². The fraction of sp³-hybridized carbons (Fsp3) is 0.889. The van der Waals surface area contributed by atoms with Crippen LogP contribution in [-0.2, 0) is 9.47 Å². The topological polar surface area (TPSA) is 108 Å². The molecule has 0 bridgehead atoms. The Labute approximate surface area is 241 Å². The van der Waals surface area contributed by atoms with E-state index in [0.29, 0.717) is 25.6 Å². The normalized spacial score (nSPS) is 17.3. The number of aliphatic hydroxyl groups is 2. The number of ether oxygens (including phenoxy) is 2. The lowest BCUT2D eigenvalue weighted by Gasteiger charge is -2.30. The molecule has 2 heterocycles. The Hall–Kier alpha value is 0.940. The molecule has 2 rings (SSSR count). The van der Waals surface area contributed by atoms with Gasteiger partial charge >= 0.3 is 11.5 Å². The highest BCUT2D eigenvalue weighted by atomic mass is 35.6. The van der Waals surface area contributed by atoms with Crippen LogP contribution in [0.1, 0.15) is 25.7 Å². The summed E-state index contributed by atoms with van der Waals surface area (Å²) in [5, 5.41) is 20.8. The van der Waals surface area contributed by atoms with Crippen molar-refractivity contribution in [3.8, 4) is 0 Å². The summed E-state index contributed by atoms with van der Waals surface area (Å²) in [6.45, 7) is 3.28. The second-order valence-electron chi connectivity index (χ2n) is 7.30. The van der Waals surface area contributed by atoms with Crippen molar-refractivity contribution in [3.63, 3.8) is 0 Å². The van der Waals surface area contributed by atoms with E-state index < -0.39 is 19.1 Å². The minimum absolute atomic E-state index is 0. The second kappa shape index (κ2) is 20.0. The Morgan fingerprint density at radius 1 is 0.824 bits per heavy atom. The number of alkyl halides is 6.